The first-order valence-corrected chi connectivity index (χ1v) is 24.6. The van der Waals surface area contributed by atoms with Gasteiger partial charge in [0.1, 0.15) is 0 Å². The van der Waals surface area contributed by atoms with Crippen LogP contribution in [-0.4, -0.2) is 142 Å². The van der Waals surface area contributed by atoms with Gasteiger partial charge in [-0.2, -0.15) is 0 Å². The normalized spacial score (nSPS) is 12.2. The lowest BCUT2D eigenvalue weighted by Gasteiger charge is -2.26. The lowest BCUT2D eigenvalue weighted by Crippen LogP contribution is -2.35. The predicted octanol–water partition coefficient (Wildman–Crippen LogP) is 4.81. The van der Waals surface area contributed by atoms with E-state index in [4.69, 9.17) is 37.9 Å². The van der Waals surface area contributed by atoms with Crippen molar-refractivity contribution in [3.63, 3.8) is 0 Å². The third-order valence-corrected chi connectivity index (χ3v) is 11.2. The first-order valence-electron chi connectivity index (χ1n) is 24.6. The Balaban J connectivity index is 0.643. The number of hydrogen-bond acceptors (Lipinski definition) is 12. The molecule has 0 saturated heterocycles. The van der Waals surface area contributed by atoms with E-state index in [1.807, 2.05) is 97.1 Å². The van der Waals surface area contributed by atoms with E-state index in [-0.39, 0.29) is 75.6 Å². The van der Waals surface area contributed by atoms with Crippen LogP contribution in [-0.2, 0) is 70.2 Å². The Labute approximate surface area is 422 Å². The predicted molar refractivity (Wildman–Crippen MR) is 271 cm³/mol. The lowest BCUT2D eigenvalue weighted by molar-refractivity contribution is -0.124. The van der Waals surface area contributed by atoms with Crippen LogP contribution in [0.25, 0.3) is 0 Å². The first kappa shape index (κ1) is 54.9. The van der Waals surface area contributed by atoms with Crippen molar-refractivity contribution in [1.29, 1.82) is 0 Å². The molecular weight excluding hydrogens is 921 g/mol. The average molecular weight is 987 g/mol. The molecule has 0 fully saturated rings. The number of carbonyl (C=O) groups excluding carboxylic acids is 4. The van der Waals surface area contributed by atoms with E-state index < -0.39 is 0 Å². The maximum absolute atomic E-state index is 13.3. The van der Waals surface area contributed by atoms with Crippen molar-refractivity contribution in [2.24, 2.45) is 0 Å². The highest BCUT2D eigenvalue weighted by atomic mass is 16.6. The monoisotopic (exact) mass is 986 g/mol. The molecule has 6 rings (SSSR count). The molecule has 4 aromatic carbocycles. The van der Waals surface area contributed by atoms with Crippen LogP contribution in [0.3, 0.4) is 0 Å². The van der Waals surface area contributed by atoms with Crippen LogP contribution in [0.5, 0.6) is 0 Å². The van der Waals surface area contributed by atoms with Crippen molar-refractivity contribution >= 4 is 35.0 Å². The summed E-state index contributed by atoms with van der Waals surface area (Å²) in [6.45, 7) is 7.55. The molecule has 72 heavy (non-hydrogen) atoms. The van der Waals surface area contributed by atoms with Gasteiger partial charge in [-0.15, -0.1) is 0 Å². The molecule has 2 aliphatic heterocycles. The Kier molecular flexibility index (Phi) is 24.8. The minimum absolute atomic E-state index is 0.0896. The maximum Gasteiger partial charge on any atom is 0.229 e. The number of ether oxygens (including phenoxy) is 8. The summed E-state index contributed by atoms with van der Waals surface area (Å²) in [6.07, 6.45) is 0.696. The van der Waals surface area contributed by atoms with Crippen LogP contribution in [0.4, 0.5) is 11.4 Å². The van der Waals surface area contributed by atoms with Gasteiger partial charge in [0, 0.05) is 61.0 Å². The number of rotatable bonds is 33. The number of nitrogens with one attached hydrogen (secondary N) is 2. The summed E-state index contributed by atoms with van der Waals surface area (Å²) in [4.78, 5) is 54.9. The van der Waals surface area contributed by atoms with Gasteiger partial charge in [-0.25, -0.2) is 0 Å². The molecule has 0 saturated carbocycles. The van der Waals surface area contributed by atoms with Crippen LogP contribution in [0.15, 0.2) is 97.1 Å². The molecule has 2 N–H and O–H groups in total. The van der Waals surface area contributed by atoms with E-state index in [0.717, 1.165) is 44.8 Å². The second-order valence-corrected chi connectivity index (χ2v) is 16.4. The van der Waals surface area contributed by atoms with Crippen LogP contribution < -0.4 is 20.4 Å². The minimum Gasteiger partial charge on any atom is -0.379 e. The Hall–Kier alpha value is -6.44. The summed E-state index contributed by atoms with van der Waals surface area (Å²) >= 11 is 0. The summed E-state index contributed by atoms with van der Waals surface area (Å²) in [7, 11) is 0. The summed E-state index contributed by atoms with van der Waals surface area (Å²) in [6, 6.07) is 30.9. The Morgan fingerprint density at radius 1 is 0.361 bits per heavy atom. The fraction of sp³-hybridized carbons (Fsp3) is 0.429. The van der Waals surface area contributed by atoms with Crippen molar-refractivity contribution in [3.8, 4) is 23.7 Å². The zero-order valence-corrected chi connectivity index (χ0v) is 41.0. The zero-order chi connectivity index (χ0) is 50.3. The number of anilines is 2. The molecule has 0 aliphatic carbocycles. The third-order valence-electron chi connectivity index (χ3n) is 11.2. The highest BCUT2D eigenvalue weighted by Crippen LogP contribution is 2.27. The minimum atomic E-state index is -0.181. The second-order valence-electron chi connectivity index (χ2n) is 16.4. The summed E-state index contributed by atoms with van der Waals surface area (Å²) < 4.78 is 44.2. The largest absolute Gasteiger partial charge is 0.379 e. The summed E-state index contributed by atoms with van der Waals surface area (Å²) in [5, 5.41) is 5.64. The van der Waals surface area contributed by atoms with Gasteiger partial charge in [-0.3, -0.25) is 19.2 Å². The van der Waals surface area contributed by atoms with Crippen molar-refractivity contribution < 1.29 is 57.1 Å². The van der Waals surface area contributed by atoms with Gasteiger partial charge < -0.3 is 58.3 Å². The highest BCUT2D eigenvalue weighted by molar-refractivity contribution is 5.96. The molecule has 4 amide bonds. The van der Waals surface area contributed by atoms with Crippen LogP contribution in [0, 0.1) is 23.7 Å². The Morgan fingerprint density at radius 3 is 0.986 bits per heavy atom. The van der Waals surface area contributed by atoms with Crippen molar-refractivity contribution in [2.75, 3.05) is 129 Å². The fourth-order valence-corrected chi connectivity index (χ4v) is 7.45. The topological polar surface area (TPSA) is 173 Å². The molecule has 382 valence electrons. The molecule has 0 aromatic heterocycles. The first-order chi connectivity index (χ1) is 35.5. The summed E-state index contributed by atoms with van der Waals surface area (Å²) in [5.41, 5.74) is 6.88. The molecular formula is C56H66N4O12. The van der Waals surface area contributed by atoms with E-state index in [2.05, 4.69) is 34.3 Å². The fourth-order valence-electron chi connectivity index (χ4n) is 7.45. The van der Waals surface area contributed by atoms with Crippen molar-refractivity contribution in [3.05, 3.63) is 130 Å². The second kappa shape index (κ2) is 32.5. The van der Waals surface area contributed by atoms with E-state index in [0.29, 0.717) is 106 Å². The van der Waals surface area contributed by atoms with Crippen molar-refractivity contribution in [2.45, 2.75) is 38.8 Å². The van der Waals surface area contributed by atoms with Crippen molar-refractivity contribution in [1.82, 2.24) is 10.6 Å². The Morgan fingerprint density at radius 2 is 0.639 bits per heavy atom. The SMILES string of the molecule is O=C(CCOCCOCCOCCOCCOCCOCCOCCOCCC(=O)NCCC(=O)N1Cc2ccccc2C#Cc2ccccc21)NCCC(=O)N1Cc2ccccc2C#Cc2ccccc21. The Bertz CT molecular complexity index is 2290. The van der Waals surface area contributed by atoms with E-state index >= 15 is 0 Å². The smallest absolute Gasteiger partial charge is 0.229 e. The van der Waals surface area contributed by atoms with Crippen LogP contribution in [0.1, 0.15) is 59.1 Å². The van der Waals surface area contributed by atoms with Gasteiger partial charge in [-0.05, 0) is 47.5 Å². The number of benzene rings is 4. The highest BCUT2D eigenvalue weighted by Gasteiger charge is 2.23. The third kappa shape index (κ3) is 19.6. The number of carbonyl (C=O) groups is 4. The molecule has 16 nitrogen and oxygen atoms in total. The lowest BCUT2D eigenvalue weighted by atomic mass is 10.0. The molecule has 4 aromatic rings. The van der Waals surface area contributed by atoms with E-state index in [1.165, 1.54) is 0 Å². The van der Waals surface area contributed by atoms with Gasteiger partial charge in [0.25, 0.3) is 0 Å². The van der Waals surface area contributed by atoms with Crippen LogP contribution >= 0.6 is 0 Å². The molecule has 0 radical (unpaired) electrons. The van der Waals surface area contributed by atoms with E-state index in [1.54, 1.807) is 9.80 Å². The van der Waals surface area contributed by atoms with Gasteiger partial charge in [0.15, 0.2) is 0 Å². The molecule has 0 spiro atoms. The summed E-state index contributed by atoms with van der Waals surface area (Å²) in [5.74, 6) is 12.3. The number of amides is 4. The molecule has 0 unspecified atom stereocenters. The zero-order valence-electron chi connectivity index (χ0n) is 41.0. The number of para-hydroxylation sites is 2. The van der Waals surface area contributed by atoms with E-state index in [9.17, 15) is 19.2 Å². The van der Waals surface area contributed by atoms with Gasteiger partial charge in [0.2, 0.25) is 23.6 Å². The standard InChI is InChI=1S/C56H66N4O12/c61-53(57-25-21-55(63)59-43-49-13-3-1-9-45(49)17-19-47-11-5-7-15-51(47)59)23-27-65-29-31-67-33-35-69-37-39-71-41-42-72-40-38-70-36-34-68-32-30-66-28-24-54(62)58-26-22-56(64)60-44-50-14-4-2-10-46(50)18-20-48-12-6-8-16-52(48)60/h1-16H,21-44H2,(H,57,61)(H,58,62). The number of fused-ring (bicyclic) bond motifs is 4. The van der Waals surface area contributed by atoms with Gasteiger partial charge >= 0.3 is 0 Å². The molecule has 0 bridgehead atoms. The number of hydrogen-bond donors (Lipinski definition) is 2. The molecule has 16 heteroatoms. The van der Waals surface area contributed by atoms with Crippen LogP contribution in [0.2, 0.25) is 0 Å². The molecule has 2 aliphatic rings. The molecule has 0 atom stereocenters. The van der Waals surface area contributed by atoms with Gasteiger partial charge in [-0.1, -0.05) is 84.3 Å². The van der Waals surface area contributed by atoms with Gasteiger partial charge in [0.05, 0.1) is 130 Å². The average Bonchev–Trinajstić information content (AvgIpc) is 3.38. The molecule has 2 heterocycles. The number of nitrogens with zero attached hydrogens (tertiary/aromatic N) is 2. The quantitative estimate of drug-likeness (QED) is 0.0494. The maximum atomic E-state index is 13.3.